The minimum atomic E-state index is -0.462. The number of aromatic nitrogens is 2. The zero-order valence-electron chi connectivity index (χ0n) is 16.4. The number of nitro groups is 1. The molecule has 0 unspecified atom stereocenters. The Morgan fingerprint density at radius 1 is 1.33 bits per heavy atom. The molecule has 1 aromatic carbocycles. The van der Waals surface area contributed by atoms with Crippen molar-refractivity contribution in [2.24, 2.45) is 0 Å². The lowest BCUT2D eigenvalue weighted by atomic mass is 10.1. The third-order valence-electron chi connectivity index (χ3n) is 5.16. The molecule has 3 heterocycles. The Balaban J connectivity index is 1.78. The predicted molar refractivity (Wildman–Crippen MR) is 112 cm³/mol. The molecular formula is C21H20N6O3. The molecule has 3 aromatic rings. The highest BCUT2D eigenvalue weighted by Gasteiger charge is 2.25. The van der Waals surface area contributed by atoms with E-state index in [1.807, 2.05) is 7.05 Å². The van der Waals surface area contributed by atoms with Crippen LogP contribution >= 0.6 is 0 Å². The van der Waals surface area contributed by atoms with Gasteiger partial charge in [0.15, 0.2) is 5.75 Å². The van der Waals surface area contributed by atoms with Crippen molar-refractivity contribution in [2.75, 3.05) is 25.5 Å². The zero-order chi connectivity index (χ0) is 21.1. The first kappa shape index (κ1) is 19.5. The van der Waals surface area contributed by atoms with Crippen LogP contribution in [0.2, 0.25) is 0 Å². The number of ether oxygens (including phenoxy) is 1. The van der Waals surface area contributed by atoms with Crippen LogP contribution in [0.15, 0.2) is 42.9 Å². The fraction of sp³-hybridized carbons (Fsp3) is 0.286. The minimum absolute atomic E-state index is 0.0799. The van der Waals surface area contributed by atoms with Gasteiger partial charge in [-0.15, -0.1) is 0 Å². The van der Waals surface area contributed by atoms with Crippen LogP contribution in [0, 0.1) is 21.4 Å². The topological polar surface area (TPSA) is 117 Å². The average molecular weight is 404 g/mol. The van der Waals surface area contributed by atoms with Crippen LogP contribution in [0.4, 0.5) is 17.1 Å². The number of pyridine rings is 2. The number of hydrogen-bond donors (Lipinski definition) is 1. The van der Waals surface area contributed by atoms with E-state index in [1.54, 1.807) is 30.6 Å². The number of nitriles is 1. The molecule has 1 fully saturated rings. The van der Waals surface area contributed by atoms with Crippen LogP contribution < -0.4 is 10.1 Å². The van der Waals surface area contributed by atoms with Gasteiger partial charge in [-0.3, -0.25) is 20.1 Å². The molecule has 0 bridgehead atoms. The second kappa shape index (κ2) is 8.31. The van der Waals surface area contributed by atoms with Crippen molar-refractivity contribution in [2.45, 2.75) is 18.9 Å². The number of hydrogen-bond acceptors (Lipinski definition) is 8. The highest BCUT2D eigenvalue weighted by atomic mass is 16.6. The fourth-order valence-electron chi connectivity index (χ4n) is 3.53. The van der Waals surface area contributed by atoms with Crippen molar-refractivity contribution in [3.63, 3.8) is 0 Å². The van der Waals surface area contributed by atoms with E-state index < -0.39 is 4.92 Å². The van der Waals surface area contributed by atoms with Gasteiger partial charge in [0, 0.05) is 43.0 Å². The lowest BCUT2D eigenvalue weighted by Gasteiger charge is -2.29. The Labute approximate surface area is 173 Å². The molecule has 0 spiro atoms. The van der Waals surface area contributed by atoms with Crippen molar-refractivity contribution in [3.8, 4) is 11.8 Å². The largest absolute Gasteiger partial charge is 0.483 e. The fourth-order valence-corrected chi connectivity index (χ4v) is 3.53. The molecule has 1 aliphatic heterocycles. The molecule has 4 rings (SSSR count). The van der Waals surface area contributed by atoms with Gasteiger partial charge in [-0.05, 0) is 32.0 Å². The number of likely N-dealkylation sites (tertiary alicyclic amines) is 1. The summed E-state index contributed by atoms with van der Waals surface area (Å²) in [6.07, 6.45) is 6.23. The monoisotopic (exact) mass is 404 g/mol. The predicted octanol–water partition coefficient (Wildman–Crippen LogP) is 3.63. The number of nitro benzene ring substituents is 1. The van der Waals surface area contributed by atoms with Gasteiger partial charge >= 0.3 is 5.69 Å². The summed E-state index contributed by atoms with van der Waals surface area (Å²) in [6.45, 7) is 1.77. The van der Waals surface area contributed by atoms with Gasteiger partial charge in [-0.1, -0.05) is 0 Å². The maximum absolute atomic E-state index is 11.8. The molecule has 9 nitrogen and oxygen atoms in total. The molecule has 152 valence electrons. The normalized spacial score (nSPS) is 14.9. The van der Waals surface area contributed by atoms with Gasteiger partial charge in [0.25, 0.3) is 0 Å². The molecule has 1 aliphatic rings. The van der Waals surface area contributed by atoms with Gasteiger partial charge in [0.2, 0.25) is 0 Å². The van der Waals surface area contributed by atoms with Crippen LogP contribution in [-0.4, -0.2) is 46.0 Å². The van der Waals surface area contributed by atoms with E-state index in [1.165, 1.54) is 12.3 Å². The maximum Gasteiger partial charge on any atom is 0.311 e. The average Bonchev–Trinajstić information content (AvgIpc) is 2.75. The summed E-state index contributed by atoms with van der Waals surface area (Å²) in [5, 5.41) is 24.9. The molecule has 30 heavy (non-hydrogen) atoms. The Morgan fingerprint density at radius 3 is 2.80 bits per heavy atom. The molecule has 0 atom stereocenters. The van der Waals surface area contributed by atoms with Crippen LogP contribution in [-0.2, 0) is 0 Å². The molecular weight excluding hydrogens is 384 g/mol. The zero-order valence-corrected chi connectivity index (χ0v) is 16.4. The highest BCUT2D eigenvalue weighted by Crippen LogP contribution is 2.37. The van der Waals surface area contributed by atoms with E-state index >= 15 is 0 Å². The number of anilines is 2. The van der Waals surface area contributed by atoms with E-state index in [2.05, 4.69) is 26.3 Å². The summed E-state index contributed by atoms with van der Waals surface area (Å²) in [5.74, 6) is 0.201. The summed E-state index contributed by atoms with van der Waals surface area (Å²) < 4.78 is 6.02. The quantitative estimate of drug-likeness (QED) is 0.506. The van der Waals surface area contributed by atoms with Crippen LogP contribution in [0.3, 0.4) is 0 Å². The second-order valence-corrected chi connectivity index (χ2v) is 7.24. The Bertz CT molecular complexity index is 1120. The molecule has 0 radical (unpaired) electrons. The van der Waals surface area contributed by atoms with Gasteiger partial charge in [-0.25, -0.2) is 0 Å². The first-order valence-electron chi connectivity index (χ1n) is 9.58. The van der Waals surface area contributed by atoms with Crippen molar-refractivity contribution < 1.29 is 9.66 Å². The smallest absolute Gasteiger partial charge is 0.311 e. The Kier molecular flexibility index (Phi) is 5.41. The summed E-state index contributed by atoms with van der Waals surface area (Å²) in [4.78, 5) is 21.9. The molecule has 0 saturated carbocycles. The lowest BCUT2D eigenvalue weighted by molar-refractivity contribution is -0.386. The Hall–Kier alpha value is -3.77. The van der Waals surface area contributed by atoms with E-state index in [-0.39, 0.29) is 23.1 Å². The lowest BCUT2D eigenvalue weighted by Crippen LogP contribution is -2.35. The van der Waals surface area contributed by atoms with E-state index in [4.69, 9.17) is 4.74 Å². The number of nitrogens with one attached hydrogen (secondary N) is 1. The molecule has 1 saturated heterocycles. The first-order valence-corrected chi connectivity index (χ1v) is 9.58. The third kappa shape index (κ3) is 3.99. The van der Waals surface area contributed by atoms with Crippen LogP contribution in [0.5, 0.6) is 5.75 Å². The SMILES string of the molecule is CN1CCC(Oc2cc3ncc(C#N)c(Nc4cccnc4)c3cc2[N+](=O)[O-])CC1. The van der Waals surface area contributed by atoms with E-state index in [0.717, 1.165) is 25.9 Å². The van der Waals surface area contributed by atoms with Crippen molar-refractivity contribution in [1.29, 1.82) is 5.26 Å². The molecule has 0 aliphatic carbocycles. The standard InChI is InChI=1S/C21H20N6O3/c1-26-7-4-16(5-8-26)30-20-10-18-17(9-19(20)27(28)29)21(14(11-22)12-24-18)25-15-3-2-6-23-13-15/h2-3,6,9-10,12-13,16H,4-5,7-8H2,1H3,(H,24,25). The molecule has 1 N–H and O–H groups in total. The van der Waals surface area contributed by atoms with Crippen molar-refractivity contribution in [1.82, 2.24) is 14.9 Å². The van der Waals surface area contributed by atoms with E-state index in [0.29, 0.717) is 22.3 Å². The maximum atomic E-state index is 11.8. The van der Waals surface area contributed by atoms with Crippen LogP contribution in [0.1, 0.15) is 18.4 Å². The molecule has 0 amide bonds. The molecule has 9 heteroatoms. The van der Waals surface area contributed by atoms with Crippen molar-refractivity contribution in [3.05, 3.63) is 58.5 Å². The summed E-state index contributed by atoms with van der Waals surface area (Å²) in [6, 6.07) is 8.65. The number of fused-ring (bicyclic) bond motifs is 1. The third-order valence-corrected chi connectivity index (χ3v) is 5.16. The first-order chi connectivity index (χ1) is 14.5. The minimum Gasteiger partial charge on any atom is -0.483 e. The second-order valence-electron chi connectivity index (χ2n) is 7.24. The van der Waals surface area contributed by atoms with Crippen LogP contribution in [0.25, 0.3) is 10.9 Å². The number of rotatable bonds is 5. The van der Waals surface area contributed by atoms with Gasteiger partial charge in [0.05, 0.1) is 33.6 Å². The van der Waals surface area contributed by atoms with Gasteiger partial charge in [-0.2, -0.15) is 5.26 Å². The number of benzene rings is 1. The van der Waals surface area contributed by atoms with Gasteiger partial charge < -0.3 is 15.0 Å². The molecule has 2 aromatic heterocycles. The van der Waals surface area contributed by atoms with E-state index in [9.17, 15) is 15.4 Å². The highest BCUT2D eigenvalue weighted by molar-refractivity contribution is 5.98. The Morgan fingerprint density at radius 2 is 2.13 bits per heavy atom. The summed E-state index contributed by atoms with van der Waals surface area (Å²) in [5.41, 5.74) is 1.76. The number of piperidine rings is 1. The van der Waals surface area contributed by atoms with Crippen molar-refractivity contribution >= 4 is 28.0 Å². The number of nitrogens with zero attached hydrogens (tertiary/aromatic N) is 5. The van der Waals surface area contributed by atoms with Gasteiger partial charge in [0.1, 0.15) is 12.2 Å². The summed E-state index contributed by atoms with van der Waals surface area (Å²) in [7, 11) is 2.04. The summed E-state index contributed by atoms with van der Waals surface area (Å²) >= 11 is 0.